The van der Waals surface area contributed by atoms with Crippen molar-refractivity contribution in [2.45, 2.75) is 13.8 Å². The van der Waals surface area contributed by atoms with Crippen LogP contribution < -0.4 is 10.6 Å². The van der Waals surface area contributed by atoms with Gasteiger partial charge in [0, 0.05) is 12.7 Å². The number of pyridine rings is 1. The van der Waals surface area contributed by atoms with Crippen LogP contribution in [0.2, 0.25) is 0 Å². The molecule has 0 bridgehead atoms. The maximum Gasteiger partial charge on any atom is 0.263 e. The van der Waals surface area contributed by atoms with Crippen molar-refractivity contribution in [3.05, 3.63) is 35.0 Å². The molecule has 2 heterocycles. The van der Waals surface area contributed by atoms with E-state index in [1.54, 1.807) is 13.1 Å². The molecule has 0 aromatic carbocycles. The Bertz CT molecular complexity index is 640. The average molecular weight is 304 g/mol. The standard InChI is InChI=1S/C14H16N4O2S/c1-3-15-11(19)8-17-13(20)12-9(2)18-14(21-12)10-6-4-5-7-16-10/h4-7H,3,8H2,1-2H3,(H,15,19)(H,17,20). The summed E-state index contributed by atoms with van der Waals surface area (Å²) in [4.78, 5) is 32.5. The number of aryl methyl sites for hydroxylation is 1. The highest BCUT2D eigenvalue weighted by Gasteiger charge is 2.17. The van der Waals surface area contributed by atoms with Crippen LogP contribution >= 0.6 is 11.3 Å². The summed E-state index contributed by atoms with van der Waals surface area (Å²) in [6, 6.07) is 5.53. The zero-order valence-corrected chi connectivity index (χ0v) is 12.7. The number of nitrogens with zero attached hydrogens (tertiary/aromatic N) is 2. The summed E-state index contributed by atoms with van der Waals surface area (Å²) >= 11 is 1.27. The monoisotopic (exact) mass is 304 g/mol. The lowest BCUT2D eigenvalue weighted by Gasteiger charge is -2.03. The highest BCUT2D eigenvalue weighted by Crippen LogP contribution is 2.26. The summed E-state index contributed by atoms with van der Waals surface area (Å²) in [6.45, 7) is 4.09. The summed E-state index contributed by atoms with van der Waals surface area (Å²) in [5.41, 5.74) is 1.36. The van der Waals surface area contributed by atoms with Crippen molar-refractivity contribution in [1.82, 2.24) is 20.6 Å². The topological polar surface area (TPSA) is 84.0 Å². The van der Waals surface area contributed by atoms with Crippen LogP contribution in [-0.2, 0) is 4.79 Å². The summed E-state index contributed by atoms with van der Waals surface area (Å²) < 4.78 is 0. The Hall–Kier alpha value is -2.28. The van der Waals surface area contributed by atoms with Crippen molar-refractivity contribution in [3.8, 4) is 10.7 Å². The SMILES string of the molecule is CCNC(=O)CNC(=O)c1sc(-c2ccccn2)nc1C. The molecule has 7 heteroatoms. The maximum absolute atomic E-state index is 12.1. The Morgan fingerprint density at radius 1 is 1.29 bits per heavy atom. The van der Waals surface area contributed by atoms with E-state index in [9.17, 15) is 9.59 Å². The third kappa shape index (κ3) is 3.85. The smallest absolute Gasteiger partial charge is 0.263 e. The van der Waals surface area contributed by atoms with Gasteiger partial charge in [0.25, 0.3) is 5.91 Å². The molecular formula is C14H16N4O2S. The Labute approximate surface area is 126 Å². The van der Waals surface area contributed by atoms with Crippen molar-refractivity contribution in [2.75, 3.05) is 13.1 Å². The number of hydrogen-bond acceptors (Lipinski definition) is 5. The van der Waals surface area contributed by atoms with E-state index in [0.717, 1.165) is 5.69 Å². The second-order valence-corrected chi connectivity index (χ2v) is 5.28. The highest BCUT2D eigenvalue weighted by molar-refractivity contribution is 7.17. The predicted molar refractivity (Wildman–Crippen MR) is 81.1 cm³/mol. The van der Waals surface area contributed by atoms with Gasteiger partial charge in [-0.3, -0.25) is 14.6 Å². The second kappa shape index (κ2) is 6.94. The minimum atomic E-state index is -0.293. The molecular weight excluding hydrogens is 288 g/mol. The van der Waals surface area contributed by atoms with Crippen LogP contribution in [0.4, 0.5) is 0 Å². The van der Waals surface area contributed by atoms with E-state index < -0.39 is 0 Å². The van der Waals surface area contributed by atoms with Gasteiger partial charge in [-0.05, 0) is 26.0 Å². The van der Waals surface area contributed by atoms with Gasteiger partial charge in [0.2, 0.25) is 5.91 Å². The molecule has 0 unspecified atom stereocenters. The first-order chi connectivity index (χ1) is 10.1. The van der Waals surface area contributed by atoms with Crippen molar-refractivity contribution >= 4 is 23.2 Å². The molecule has 2 N–H and O–H groups in total. The predicted octanol–water partition coefficient (Wildman–Crippen LogP) is 1.38. The summed E-state index contributed by atoms with van der Waals surface area (Å²) in [6.07, 6.45) is 1.68. The zero-order valence-electron chi connectivity index (χ0n) is 11.8. The first-order valence-electron chi connectivity index (χ1n) is 6.55. The Kier molecular flexibility index (Phi) is 4.99. The maximum atomic E-state index is 12.1. The van der Waals surface area contributed by atoms with Crippen LogP contribution in [0, 0.1) is 6.92 Å². The molecule has 0 saturated carbocycles. The zero-order chi connectivity index (χ0) is 15.2. The number of thiazole rings is 1. The second-order valence-electron chi connectivity index (χ2n) is 4.28. The number of rotatable bonds is 5. The van der Waals surface area contributed by atoms with E-state index in [1.807, 2.05) is 25.1 Å². The van der Waals surface area contributed by atoms with Gasteiger partial charge in [-0.25, -0.2) is 4.98 Å². The van der Waals surface area contributed by atoms with Crippen LogP contribution in [0.25, 0.3) is 10.7 Å². The van der Waals surface area contributed by atoms with E-state index in [1.165, 1.54) is 11.3 Å². The van der Waals surface area contributed by atoms with Crippen molar-refractivity contribution in [2.24, 2.45) is 0 Å². The average Bonchev–Trinajstić information content (AvgIpc) is 2.88. The third-order valence-corrected chi connectivity index (χ3v) is 3.85. The third-order valence-electron chi connectivity index (χ3n) is 2.67. The Morgan fingerprint density at radius 2 is 2.10 bits per heavy atom. The fourth-order valence-corrected chi connectivity index (χ4v) is 2.67. The molecule has 0 aliphatic carbocycles. The first-order valence-corrected chi connectivity index (χ1v) is 7.37. The van der Waals surface area contributed by atoms with Gasteiger partial charge >= 0.3 is 0 Å². The van der Waals surface area contributed by atoms with Gasteiger partial charge < -0.3 is 10.6 Å². The molecule has 21 heavy (non-hydrogen) atoms. The first kappa shape index (κ1) is 15.1. The molecule has 2 aromatic rings. The lowest BCUT2D eigenvalue weighted by molar-refractivity contribution is -0.120. The molecule has 2 aromatic heterocycles. The van der Waals surface area contributed by atoms with Gasteiger partial charge in [-0.1, -0.05) is 6.07 Å². The van der Waals surface area contributed by atoms with Gasteiger partial charge in [-0.15, -0.1) is 11.3 Å². The molecule has 0 aliphatic rings. The fourth-order valence-electron chi connectivity index (χ4n) is 1.71. The summed E-state index contributed by atoms with van der Waals surface area (Å²) in [5, 5.41) is 5.90. The normalized spacial score (nSPS) is 10.2. The molecule has 0 aliphatic heterocycles. The molecule has 110 valence electrons. The number of likely N-dealkylation sites (N-methyl/N-ethyl adjacent to an activating group) is 1. The lowest BCUT2D eigenvalue weighted by atomic mass is 10.3. The minimum Gasteiger partial charge on any atom is -0.355 e. The van der Waals surface area contributed by atoms with Gasteiger partial charge in [0.05, 0.1) is 17.9 Å². The van der Waals surface area contributed by atoms with Gasteiger partial charge in [0.1, 0.15) is 9.88 Å². The molecule has 2 rings (SSSR count). The highest BCUT2D eigenvalue weighted by atomic mass is 32.1. The number of carbonyl (C=O) groups is 2. The van der Waals surface area contributed by atoms with Crippen molar-refractivity contribution < 1.29 is 9.59 Å². The van der Waals surface area contributed by atoms with Crippen LogP contribution in [0.3, 0.4) is 0 Å². The molecule has 0 spiro atoms. The van der Waals surface area contributed by atoms with E-state index in [-0.39, 0.29) is 18.4 Å². The van der Waals surface area contributed by atoms with E-state index in [2.05, 4.69) is 20.6 Å². The van der Waals surface area contributed by atoms with Gasteiger partial charge in [-0.2, -0.15) is 0 Å². The van der Waals surface area contributed by atoms with E-state index in [0.29, 0.717) is 22.1 Å². The van der Waals surface area contributed by atoms with Crippen LogP contribution in [0.5, 0.6) is 0 Å². The van der Waals surface area contributed by atoms with Crippen molar-refractivity contribution in [3.63, 3.8) is 0 Å². The molecule has 0 atom stereocenters. The summed E-state index contributed by atoms with van der Waals surface area (Å²) in [5.74, 6) is -0.503. The number of carbonyl (C=O) groups excluding carboxylic acids is 2. The largest absolute Gasteiger partial charge is 0.355 e. The van der Waals surface area contributed by atoms with Crippen LogP contribution in [0.1, 0.15) is 22.3 Å². The van der Waals surface area contributed by atoms with E-state index in [4.69, 9.17) is 0 Å². The molecule has 0 radical (unpaired) electrons. The lowest BCUT2D eigenvalue weighted by Crippen LogP contribution is -2.36. The van der Waals surface area contributed by atoms with Crippen molar-refractivity contribution in [1.29, 1.82) is 0 Å². The van der Waals surface area contributed by atoms with Crippen LogP contribution in [0.15, 0.2) is 24.4 Å². The quantitative estimate of drug-likeness (QED) is 0.874. The fraction of sp³-hybridized carbons (Fsp3) is 0.286. The minimum absolute atomic E-state index is 0.0388. The molecule has 0 saturated heterocycles. The van der Waals surface area contributed by atoms with Gasteiger partial charge in [0.15, 0.2) is 0 Å². The van der Waals surface area contributed by atoms with E-state index >= 15 is 0 Å². The van der Waals surface area contributed by atoms with Crippen LogP contribution in [-0.4, -0.2) is 34.9 Å². The Morgan fingerprint density at radius 3 is 2.76 bits per heavy atom. The number of aromatic nitrogens is 2. The number of amides is 2. The summed E-state index contributed by atoms with van der Waals surface area (Å²) in [7, 11) is 0. The molecule has 2 amide bonds. The molecule has 0 fully saturated rings. The molecule has 6 nitrogen and oxygen atoms in total. The number of hydrogen-bond donors (Lipinski definition) is 2. The number of nitrogens with one attached hydrogen (secondary N) is 2. The Balaban J connectivity index is 2.09.